The van der Waals surface area contributed by atoms with Crippen LogP contribution in [0.3, 0.4) is 0 Å². The molecule has 0 bridgehead atoms. The summed E-state index contributed by atoms with van der Waals surface area (Å²) in [6.45, 7) is 16.1. The van der Waals surface area contributed by atoms with Gasteiger partial charge in [0.15, 0.2) is 31.5 Å². The van der Waals surface area contributed by atoms with Gasteiger partial charge in [-0.15, -0.1) is 0 Å². The maximum Gasteiger partial charge on any atom is 0.315 e. The van der Waals surface area contributed by atoms with E-state index in [1.54, 1.807) is 0 Å². The Morgan fingerprint density at radius 3 is 1.77 bits per heavy atom. The zero-order valence-electron chi connectivity index (χ0n) is 54.1. The Bertz CT molecular complexity index is 2670. The molecule has 0 aromatic carbocycles. The fraction of sp³-hybridized carbons (Fsp3) is 0.922. The highest BCUT2D eigenvalue weighted by Gasteiger charge is 2.70. The van der Waals surface area contributed by atoms with Crippen molar-refractivity contribution in [2.45, 2.75) is 297 Å². The van der Waals surface area contributed by atoms with Crippen molar-refractivity contribution >= 4 is 5.97 Å². The molecule has 30 heteroatoms. The first kappa shape index (κ1) is 73.1. The second-order valence-electron chi connectivity index (χ2n) is 30.0. The lowest BCUT2D eigenvalue weighted by Gasteiger charge is -2.71. The van der Waals surface area contributed by atoms with Crippen LogP contribution in [0.1, 0.15) is 113 Å². The monoisotopic (exact) mass is 1350 g/mol. The summed E-state index contributed by atoms with van der Waals surface area (Å²) in [7, 11) is 0. The molecule has 5 aliphatic carbocycles. The van der Waals surface area contributed by atoms with Crippen LogP contribution >= 0.6 is 0 Å². The van der Waals surface area contributed by atoms with Crippen molar-refractivity contribution in [2.75, 3.05) is 26.4 Å². The lowest BCUT2D eigenvalue weighted by atomic mass is 9.34. The predicted octanol–water partition coefficient (Wildman–Crippen LogP) is -4.16. The summed E-state index contributed by atoms with van der Waals surface area (Å²) in [5.74, 6) is -0.771. The molecule has 0 unspecified atom stereocenters. The Kier molecular flexibility index (Phi) is 21.5. The molecule has 0 amide bonds. The van der Waals surface area contributed by atoms with Crippen LogP contribution in [0.5, 0.6) is 0 Å². The third-order valence-corrected chi connectivity index (χ3v) is 24.6. The second-order valence-corrected chi connectivity index (χ2v) is 30.0. The first-order valence-corrected chi connectivity index (χ1v) is 33.3. The Morgan fingerprint density at radius 1 is 0.532 bits per heavy atom. The Morgan fingerprint density at radius 2 is 1.10 bits per heavy atom. The number of ether oxygens (including phenoxy) is 12. The van der Waals surface area contributed by atoms with Gasteiger partial charge >= 0.3 is 5.97 Å². The zero-order valence-corrected chi connectivity index (χ0v) is 54.1. The summed E-state index contributed by atoms with van der Waals surface area (Å²) < 4.78 is 71.4. The summed E-state index contributed by atoms with van der Waals surface area (Å²) in [6, 6.07) is 0. The molecule has 17 N–H and O–H groups in total. The molecule has 30 nitrogen and oxygen atoms in total. The minimum Gasteiger partial charge on any atom is -0.432 e. The van der Waals surface area contributed by atoms with Gasteiger partial charge in [0.2, 0.25) is 6.29 Å². The largest absolute Gasteiger partial charge is 0.432 e. The van der Waals surface area contributed by atoms with Gasteiger partial charge in [-0.2, -0.15) is 0 Å². The zero-order chi connectivity index (χ0) is 68.4. The predicted molar refractivity (Wildman–Crippen MR) is 315 cm³/mol. The summed E-state index contributed by atoms with van der Waals surface area (Å²) in [4.78, 5) is 15.2. The highest BCUT2D eigenvalue weighted by atomic mass is 16.8. The number of aliphatic hydroxyl groups is 17. The van der Waals surface area contributed by atoms with Gasteiger partial charge in [0, 0.05) is 5.92 Å². The first-order valence-electron chi connectivity index (χ1n) is 33.3. The lowest BCUT2D eigenvalue weighted by molar-refractivity contribution is -0.382. The van der Waals surface area contributed by atoms with Crippen LogP contribution < -0.4 is 0 Å². The van der Waals surface area contributed by atoms with Gasteiger partial charge < -0.3 is 144 Å². The number of carbonyl (C=O) groups is 1. The normalized spacial score (nSPS) is 54.5. The van der Waals surface area contributed by atoms with E-state index in [0.29, 0.717) is 44.9 Å². The van der Waals surface area contributed by atoms with Gasteiger partial charge in [-0.25, -0.2) is 0 Å². The fourth-order valence-electron chi connectivity index (χ4n) is 18.6. The van der Waals surface area contributed by atoms with Gasteiger partial charge in [0.25, 0.3) is 0 Å². The van der Waals surface area contributed by atoms with Crippen LogP contribution in [0.25, 0.3) is 0 Å². The van der Waals surface area contributed by atoms with Crippen molar-refractivity contribution in [3.05, 3.63) is 23.8 Å². The molecule has 4 saturated carbocycles. The molecule has 37 atom stereocenters. The Labute approximate surface area is 544 Å². The number of hydrogen-bond donors (Lipinski definition) is 17. The number of carbonyl (C=O) groups excluding carboxylic acids is 1. The van der Waals surface area contributed by atoms with Crippen LogP contribution in [-0.2, 0) is 61.6 Å². The number of fused-ring (bicyclic) bond motifs is 7. The molecule has 0 aromatic rings. The molecular formula is C64H102O30. The van der Waals surface area contributed by atoms with Crippen molar-refractivity contribution in [2.24, 2.45) is 44.8 Å². The highest BCUT2D eigenvalue weighted by Crippen LogP contribution is 2.76. The van der Waals surface area contributed by atoms with Gasteiger partial charge in [0.1, 0.15) is 128 Å². The van der Waals surface area contributed by atoms with Crippen molar-refractivity contribution < 1.29 is 148 Å². The molecule has 0 aromatic heterocycles. The van der Waals surface area contributed by atoms with E-state index >= 15 is 4.79 Å². The van der Waals surface area contributed by atoms with Crippen LogP contribution in [0.2, 0.25) is 0 Å². The van der Waals surface area contributed by atoms with E-state index < -0.39 is 226 Å². The topological polar surface area (TPSA) is 472 Å². The molecule has 538 valence electrons. The molecule has 10 fully saturated rings. The molecule has 6 saturated heterocycles. The van der Waals surface area contributed by atoms with Crippen molar-refractivity contribution in [3.63, 3.8) is 0 Å². The SMILES string of the molecule is C=C1CC[C@]2(C(=O)O[C@H]3O[C@H](CO[C@H]4O[C@H](CO)[C@@H](O[C@@H]5O[C@@H](C)[C@H](O)[C@@H](O)[C@H]5O)[C@H](O)[C@H]4O)[C@H](O)[C@H](O)[C@H]3O)CC[C@]3(C)C(=CC[C@H]4[C@]5(C)CC[C@@H](O[C@H]6OC[C@H](O)[C@H](O)[C@@H]6O[C@H]6O[C@H](C)[C@@H](O)[C@@H](O[C@H]7O[C@H](CO)[C@@H](O)[C@H](O)[C@H]7O)[C@H]6O)C(C)(C)[C@@H]5CC[C@]43C)[C@@H]2C1. The molecule has 6 heterocycles. The van der Waals surface area contributed by atoms with E-state index in [1.165, 1.54) is 13.8 Å². The van der Waals surface area contributed by atoms with Crippen LogP contribution in [-0.4, -0.2) is 303 Å². The van der Waals surface area contributed by atoms with E-state index in [1.807, 2.05) is 0 Å². The summed E-state index contributed by atoms with van der Waals surface area (Å²) in [6.07, 6.45) is -39.1. The summed E-state index contributed by atoms with van der Waals surface area (Å²) >= 11 is 0. The average Bonchev–Trinajstić information content (AvgIpc) is 0.677. The van der Waals surface area contributed by atoms with Crippen molar-refractivity contribution in [3.8, 4) is 0 Å². The Balaban J connectivity index is 0.754. The third kappa shape index (κ3) is 12.4. The molecule has 0 spiro atoms. The van der Waals surface area contributed by atoms with E-state index in [2.05, 4.69) is 47.3 Å². The van der Waals surface area contributed by atoms with Crippen molar-refractivity contribution in [1.82, 2.24) is 0 Å². The van der Waals surface area contributed by atoms with Gasteiger partial charge in [-0.05, 0) is 112 Å². The smallest absolute Gasteiger partial charge is 0.315 e. The van der Waals surface area contributed by atoms with E-state index in [0.717, 1.165) is 30.4 Å². The first-order chi connectivity index (χ1) is 44.2. The minimum atomic E-state index is -1.92. The molecule has 6 aliphatic heterocycles. The van der Waals surface area contributed by atoms with Crippen molar-refractivity contribution in [1.29, 1.82) is 0 Å². The third-order valence-electron chi connectivity index (χ3n) is 24.6. The maximum absolute atomic E-state index is 15.2. The average molecular weight is 1350 g/mol. The maximum atomic E-state index is 15.2. The minimum absolute atomic E-state index is 0.0867. The number of aliphatic hydroxyl groups excluding tert-OH is 17. The molecule has 11 aliphatic rings. The van der Waals surface area contributed by atoms with E-state index in [9.17, 15) is 86.8 Å². The molecular weight excluding hydrogens is 1250 g/mol. The number of allylic oxidation sites excluding steroid dienone is 3. The lowest BCUT2D eigenvalue weighted by Crippen LogP contribution is -2.66. The van der Waals surface area contributed by atoms with E-state index in [4.69, 9.17) is 56.8 Å². The fourth-order valence-corrected chi connectivity index (χ4v) is 18.6. The second kappa shape index (κ2) is 27.6. The molecule has 0 radical (unpaired) electrons. The van der Waals surface area contributed by atoms with Gasteiger partial charge in [-0.1, -0.05) is 58.4 Å². The molecule has 11 rings (SSSR count). The summed E-state index contributed by atoms with van der Waals surface area (Å²) in [5, 5.41) is 184. The van der Waals surface area contributed by atoms with Gasteiger partial charge in [-0.3, -0.25) is 4.79 Å². The number of esters is 1. The number of hydrogen-bond acceptors (Lipinski definition) is 30. The quantitative estimate of drug-likeness (QED) is 0.0420. The van der Waals surface area contributed by atoms with E-state index in [-0.39, 0.29) is 35.2 Å². The summed E-state index contributed by atoms with van der Waals surface area (Å²) in [5.41, 5.74) is -0.480. The standard InChI is InChI=1S/C64H102O30/c1-24-11-16-64(59(82)94-56-47(79)43(75)40(72)32(89-56)23-84-53-48(80)44(76)50(31(21-66)88-53)91-54-45(77)41(73)36(68)25(2)85-54)18-17-62(7)27(28(64)19-24)9-10-34-61(6)14-13-35(60(4,5)33(61)12-15-63(34,62)8)90-58-52(38(70)29(67)22-83-58)93-57-49(81)51(37(69)26(3)86-57)92-55-46(78)42(74)39(71)30(20-65)87-55/h9,25-26,28-58,65-81H,1,10-23H2,2-8H3/t25-,26+,28-,29-,30+,31+,32+,33-,34-,35+,36-,37+,38-,39+,40-,41+,42-,43-,44+,45+,46+,47+,48+,49+,50+,51+,52-,53-,54-,55+,56+,57+,58+,61+,62+,63+,64-/m0/s1. The van der Waals surface area contributed by atoms with Gasteiger partial charge in [0.05, 0.1) is 50.2 Å². The van der Waals surface area contributed by atoms with Crippen LogP contribution in [0.15, 0.2) is 23.8 Å². The highest BCUT2D eigenvalue weighted by molar-refractivity contribution is 5.79. The van der Waals surface area contributed by atoms with Crippen LogP contribution in [0, 0.1) is 44.8 Å². The van der Waals surface area contributed by atoms with Crippen LogP contribution in [0.4, 0.5) is 0 Å². The Hall–Kier alpha value is -2.17. The molecule has 94 heavy (non-hydrogen) atoms. The number of rotatable bonds is 15.